The highest BCUT2D eigenvalue weighted by Gasteiger charge is 2.54. The van der Waals surface area contributed by atoms with Gasteiger partial charge in [-0.05, 0) is 24.6 Å². The first kappa shape index (κ1) is 36.3. The molecule has 0 saturated carbocycles. The quantitative estimate of drug-likeness (QED) is 0.239. The van der Waals surface area contributed by atoms with E-state index in [-0.39, 0.29) is 56.2 Å². The minimum Gasteiger partial charge on any atom is -0.496 e. The van der Waals surface area contributed by atoms with Crippen LogP contribution in [0.1, 0.15) is 87.1 Å². The van der Waals surface area contributed by atoms with Crippen LogP contribution in [0, 0.1) is 6.92 Å². The van der Waals surface area contributed by atoms with Crippen LogP contribution in [0.4, 0.5) is 0 Å². The number of ketones is 2. The predicted octanol–water partition coefficient (Wildman–Crippen LogP) is 2.29. The SMILES string of the molecule is COc1cc2c(c(C)c1C(=O)O)C(=O)c1c(OC)c(C3O[C@H](COC(C)=O)[C@@H](OC(C)=O)[C@H](OC(C)=O)[C@H]3OC(C)=O)cc(OC)c1C2=O. The minimum absolute atomic E-state index is 0.0511. The van der Waals surface area contributed by atoms with Crippen molar-refractivity contribution >= 4 is 41.4 Å². The molecule has 0 radical (unpaired) electrons. The molecular formula is C33H34O16. The van der Waals surface area contributed by atoms with E-state index in [0.717, 1.165) is 33.8 Å². The molecule has 2 aromatic carbocycles. The van der Waals surface area contributed by atoms with Crippen LogP contribution >= 0.6 is 0 Å². The molecule has 1 aliphatic carbocycles. The van der Waals surface area contributed by atoms with E-state index in [0.29, 0.717) is 0 Å². The summed E-state index contributed by atoms with van der Waals surface area (Å²) in [7, 11) is 3.64. The van der Waals surface area contributed by atoms with Crippen LogP contribution in [0.2, 0.25) is 0 Å². The second kappa shape index (κ2) is 14.3. The summed E-state index contributed by atoms with van der Waals surface area (Å²) in [6.45, 7) is 5.16. The second-order valence-corrected chi connectivity index (χ2v) is 11.0. The van der Waals surface area contributed by atoms with Crippen LogP contribution in [0.15, 0.2) is 12.1 Å². The summed E-state index contributed by atoms with van der Waals surface area (Å²) >= 11 is 0. The Kier molecular flexibility index (Phi) is 10.6. The zero-order valence-electron chi connectivity index (χ0n) is 27.8. The van der Waals surface area contributed by atoms with Crippen LogP contribution in [0.25, 0.3) is 0 Å². The fourth-order valence-electron chi connectivity index (χ4n) is 6.12. The Labute approximate surface area is 279 Å². The maximum absolute atomic E-state index is 14.4. The van der Waals surface area contributed by atoms with E-state index in [9.17, 15) is 38.7 Å². The molecule has 1 fully saturated rings. The van der Waals surface area contributed by atoms with Gasteiger partial charge < -0.3 is 43.0 Å². The van der Waals surface area contributed by atoms with Crippen LogP contribution in [0.5, 0.6) is 17.2 Å². The van der Waals surface area contributed by atoms with Crippen molar-refractivity contribution in [3.8, 4) is 17.2 Å². The molecule has 5 atom stereocenters. The first-order valence-corrected chi connectivity index (χ1v) is 14.7. The Hall–Kier alpha value is -5.51. The molecule has 0 amide bonds. The molecule has 1 unspecified atom stereocenters. The molecule has 0 bridgehead atoms. The third kappa shape index (κ3) is 6.76. The van der Waals surface area contributed by atoms with E-state index in [1.165, 1.54) is 34.3 Å². The maximum atomic E-state index is 14.4. The van der Waals surface area contributed by atoms with Gasteiger partial charge in [0, 0.05) is 44.4 Å². The summed E-state index contributed by atoms with van der Waals surface area (Å²) in [5, 5.41) is 9.91. The van der Waals surface area contributed by atoms with Gasteiger partial charge in [-0.3, -0.25) is 28.8 Å². The van der Waals surface area contributed by atoms with Crippen molar-refractivity contribution in [2.75, 3.05) is 27.9 Å². The number of carboxylic acid groups (broad SMARTS) is 1. The monoisotopic (exact) mass is 686 g/mol. The van der Waals surface area contributed by atoms with E-state index in [1.807, 2.05) is 0 Å². The number of esters is 4. The van der Waals surface area contributed by atoms with Crippen molar-refractivity contribution in [3.63, 3.8) is 0 Å². The molecule has 0 aromatic heterocycles. The molecule has 2 aliphatic rings. The number of benzene rings is 2. The normalized spacial score (nSPS) is 21.0. The van der Waals surface area contributed by atoms with Crippen molar-refractivity contribution in [3.05, 3.63) is 51.1 Å². The predicted molar refractivity (Wildman–Crippen MR) is 162 cm³/mol. The second-order valence-electron chi connectivity index (χ2n) is 11.0. The standard InChI is InChI=1S/C33H34O16/c1-12-22-17(9-19(42-6)23(12)33(40)41)26(38)24-20(43-7)10-18(28(44-8)25(24)27(22)39)29-31(47-15(4)36)32(48-16(5)37)30(46-14(3)35)21(49-29)11-45-13(2)34/h9-10,21,29-32H,11H2,1-8H3,(H,40,41)/t21-,29?,30-,31+,32+/m1/s1. The average molecular weight is 687 g/mol. The van der Waals surface area contributed by atoms with Crippen molar-refractivity contribution in [2.24, 2.45) is 0 Å². The number of aromatic carboxylic acids is 1. The molecule has 1 heterocycles. The highest BCUT2D eigenvalue weighted by atomic mass is 16.7. The van der Waals surface area contributed by atoms with Gasteiger partial charge in [0.2, 0.25) is 0 Å². The summed E-state index contributed by atoms with van der Waals surface area (Å²) < 4.78 is 44.5. The summed E-state index contributed by atoms with van der Waals surface area (Å²) in [6.07, 6.45) is -7.45. The fourth-order valence-corrected chi connectivity index (χ4v) is 6.12. The van der Waals surface area contributed by atoms with Gasteiger partial charge in [0.1, 0.15) is 41.6 Å². The van der Waals surface area contributed by atoms with Crippen molar-refractivity contribution in [1.29, 1.82) is 0 Å². The molecule has 1 saturated heterocycles. The molecule has 0 spiro atoms. The van der Waals surface area contributed by atoms with Gasteiger partial charge in [0.25, 0.3) is 0 Å². The highest BCUT2D eigenvalue weighted by Crippen LogP contribution is 2.48. The van der Waals surface area contributed by atoms with Gasteiger partial charge in [-0.25, -0.2) is 4.79 Å². The van der Waals surface area contributed by atoms with Gasteiger partial charge in [-0.2, -0.15) is 0 Å². The minimum atomic E-state index is -1.58. The third-order valence-electron chi connectivity index (χ3n) is 7.89. The Morgan fingerprint density at radius 1 is 0.714 bits per heavy atom. The summed E-state index contributed by atoms with van der Waals surface area (Å²) in [5.74, 6) is -6.77. The number of fused-ring (bicyclic) bond motifs is 2. The molecule has 49 heavy (non-hydrogen) atoms. The number of carbonyl (C=O) groups excluding carboxylic acids is 6. The Morgan fingerprint density at radius 2 is 1.29 bits per heavy atom. The van der Waals surface area contributed by atoms with Gasteiger partial charge in [0.15, 0.2) is 29.9 Å². The van der Waals surface area contributed by atoms with E-state index in [2.05, 4.69) is 0 Å². The lowest BCUT2D eigenvalue weighted by molar-refractivity contribution is -0.254. The number of rotatable bonds is 10. The molecule has 1 N–H and O–H groups in total. The lowest BCUT2D eigenvalue weighted by atomic mass is 9.77. The number of methoxy groups -OCH3 is 3. The smallest absolute Gasteiger partial charge is 0.339 e. The van der Waals surface area contributed by atoms with E-state index < -0.39 is 78.5 Å². The van der Waals surface area contributed by atoms with Crippen LogP contribution in [-0.4, -0.2) is 98.9 Å². The largest absolute Gasteiger partial charge is 0.496 e. The first-order valence-electron chi connectivity index (χ1n) is 14.7. The zero-order valence-corrected chi connectivity index (χ0v) is 27.8. The average Bonchev–Trinajstić information content (AvgIpc) is 3.02. The number of hydrogen-bond acceptors (Lipinski definition) is 15. The molecule has 16 heteroatoms. The van der Waals surface area contributed by atoms with E-state index in [1.54, 1.807) is 0 Å². The van der Waals surface area contributed by atoms with Crippen molar-refractivity contribution < 1.29 is 76.6 Å². The third-order valence-corrected chi connectivity index (χ3v) is 7.89. The molecule has 1 aliphatic heterocycles. The summed E-state index contributed by atoms with van der Waals surface area (Å²) in [6, 6.07) is 2.46. The van der Waals surface area contributed by atoms with Gasteiger partial charge in [-0.15, -0.1) is 0 Å². The summed E-state index contributed by atoms with van der Waals surface area (Å²) in [4.78, 5) is 89.4. The number of hydrogen-bond donors (Lipinski definition) is 1. The van der Waals surface area contributed by atoms with Crippen molar-refractivity contribution in [1.82, 2.24) is 0 Å². The number of carbonyl (C=O) groups is 7. The molecule has 262 valence electrons. The summed E-state index contributed by atoms with van der Waals surface area (Å²) in [5.41, 5.74) is -1.36. The molecule has 4 rings (SSSR count). The number of ether oxygens (including phenoxy) is 8. The van der Waals surface area contributed by atoms with Crippen LogP contribution < -0.4 is 14.2 Å². The van der Waals surface area contributed by atoms with Crippen LogP contribution in [0.3, 0.4) is 0 Å². The molecule has 16 nitrogen and oxygen atoms in total. The zero-order chi connectivity index (χ0) is 36.5. The highest BCUT2D eigenvalue weighted by molar-refractivity contribution is 6.31. The fraction of sp³-hybridized carbons (Fsp3) is 0.424. The van der Waals surface area contributed by atoms with Gasteiger partial charge >= 0.3 is 29.8 Å². The van der Waals surface area contributed by atoms with Gasteiger partial charge in [0.05, 0.1) is 32.5 Å². The topological polar surface area (TPSA) is 214 Å². The molecule has 2 aromatic rings. The lowest BCUT2D eigenvalue weighted by Crippen LogP contribution is -2.59. The first-order chi connectivity index (χ1) is 23.1. The van der Waals surface area contributed by atoms with E-state index >= 15 is 0 Å². The molecular weight excluding hydrogens is 652 g/mol. The van der Waals surface area contributed by atoms with Crippen molar-refractivity contribution in [2.45, 2.75) is 65.1 Å². The Morgan fingerprint density at radius 3 is 1.80 bits per heavy atom. The number of carboxylic acids is 1. The van der Waals surface area contributed by atoms with Gasteiger partial charge in [-0.1, -0.05) is 0 Å². The lowest BCUT2D eigenvalue weighted by Gasteiger charge is -2.45. The van der Waals surface area contributed by atoms with Crippen LogP contribution in [-0.2, 0) is 42.9 Å². The van der Waals surface area contributed by atoms with E-state index in [4.69, 9.17) is 37.9 Å². The Bertz CT molecular complexity index is 1760. The maximum Gasteiger partial charge on any atom is 0.339 e. The Balaban J connectivity index is 2.04.